The first-order valence-electron chi connectivity index (χ1n) is 6.16. The molecule has 4 nitrogen and oxygen atoms in total. The first-order valence-corrected chi connectivity index (χ1v) is 6.16. The van der Waals surface area contributed by atoms with Gasteiger partial charge < -0.3 is 10.1 Å². The van der Waals surface area contributed by atoms with Crippen LogP contribution in [0.2, 0.25) is 0 Å². The maximum Gasteiger partial charge on any atom is 0.130 e. The Hall–Kier alpha value is -1.13. The summed E-state index contributed by atoms with van der Waals surface area (Å²) in [6, 6.07) is 4.62. The van der Waals surface area contributed by atoms with E-state index in [2.05, 4.69) is 35.2 Å². The summed E-state index contributed by atoms with van der Waals surface area (Å²) in [5.41, 5.74) is 1.23. The zero-order valence-electron chi connectivity index (χ0n) is 10.8. The van der Waals surface area contributed by atoms with Gasteiger partial charge in [-0.05, 0) is 26.5 Å². The molecular formula is C13H21N3O. The van der Waals surface area contributed by atoms with E-state index in [0.29, 0.717) is 12.1 Å². The highest BCUT2D eigenvalue weighted by Crippen LogP contribution is 2.21. The van der Waals surface area contributed by atoms with E-state index >= 15 is 0 Å². The third-order valence-corrected chi connectivity index (χ3v) is 3.45. The molecule has 1 saturated heterocycles. The highest BCUT2D eigenvalue weighted by atomic mass is 16.5. The van der Waals surface area contributed by atoms with Crippen molar-refractivity contribution in [2.24, 2.45) is 0 Å². The van der Waals surface area contributed by atoms with E-state index in [0.717, 1.165) is 25.4 Å². The van der Waals surface area contributed by atoms with Crippen LogP contribution in [0.1, 0.15) is 18.9 Å². The molecular weight excluding hydrogens is 214 g/mol. The number of nitrogens with zero attached hydrogens (tertiary/aromatic N) is 2. The van der Waals surface area contributed by atoms with Crippen LogP contribution in [0.15, 0.2) is 18.3 Å². The van der Waals surface area contributed by atoms with Gasteiger partial charge in [0.15, 0.2) is 0 Å². The third-order valence-electron chi connectivity index (χ3n) is 3.45. The number of aromatic nitrogens is 1. The van der Waals surface area contributed by atoms with Crippen LogP contribution in [0.4, 0.5) is 5.82 Å². The molecule has 1 aliphatic heterocycles. The van der Waals surface area contributed by atoms with Gasteiger partial charge in [0.05, 0.1) is 6.10 Å². The summed E-state index contributed by atoms with van der Waals surface area (Å²) in [7, 11) is 4.06. The second-order valence-corrected chi connectivity index (χ2v) is 4.61. The Morgan fingerprint density at radius 2 is 2.41 bits per heavy atom. The van der Waals surface area contributed by atoms with Crippen molar-refractivity contribution in [2.45, 2.75) is 32.0 Å². The standard InChI is InChI=1S/C13H21N3O/c1-10-12(6-8-17-10)16(3)9-11-5-4-7-15-13(11)14-2/h4-5,7,10,12H,6,8-9H2,1-3H3,(H,14,15). The van der Waals surface area contributed by atoms with E-state index in [4.69, 9.17) is 4.74 Å². The van der Waals surface area contributed by atoms with Gasteiger partial charge >= 0.3 is 0 Å². The number of hydrogen-bond donors (Lipinski definition) is 1. The molecule has 0 aliphatic carbocycles. The number of likely N-dealkylation sites (N-methyl/N-ethyl adjacent to an activating group) is 1. The zero-order chi connectivity index (χ0) is 12.3. The molecule has 0 radical (unpaired) electrons. The fourth-order valence-corrected chi connectivity index (χ4v) is 2.48. The fourth-order valence-electron chi connectivity index (χ4n) is 2.48. The molecule has 0 spiro atoms. The summed E-state index contributed by atoms with van der Waals surface area (Å²) >= 11 is 0. The van der Waals surface area contributed by atoms with E-state index in [1.54, 1.807) is 0 Å². The van der Waals surface area contributed by atoms with Crippen molar-refractivity contribution in [2.75, 3.05) is 26.0 Å². The van der Waals surface area contributed by atoms with Gasteiger partial charge in [-0.15, -0.1) is 0 Å². The van der Waals surface area contributed by atoms with Crippen LogP contribution in [-0.4, -0.2) is 42.7 Å². The Morgan fingerprint density at radius 1 is 1.59 bits per heavy atom. The molecule has 0 aromatic carbocycles. The second kappa shape index (κ2) is 5.47. The van der Waals surface area contributed by atoms with Crippen LogP contribution >= 0.6 is 0 Å². The van der Waals surface area contributed by atoms with E-state index in [1.807, 2.05) is 19.3 Å². The van der Waals surface area contributed by atoms with Gasteiger partial charge in [0.2, 0.25) is 0 Å². The van der Waals surface area contributed by atoms with Crippen LogP contribution in [0, 0.1) is 0 Å². The molecule has 2 unspecified atom stereocenters. The van der Waals surface area contributed by atoms with Gasteiger partial charge in [0, 0.05) is 38.0 Å². The van der Waals surface area contributed by atoms with Crippen molar-refractivity contribution in [3.63, 3.8) is 0 Å². The van der Waals surface area contributed by atoms with Crippen molar-refractivity contribution in [3.05, 3.63) is 23.9 Å². The molecule has 17 heavy (non-hydrogen) atoms. The summed E-state index contributed by atoms with van der Waals surface area (Å²) in [5, 5.41) is 3.13. The molecule has 1 N–H and O–H groups in total. The van der Waals surface area contributed by atoms with Gasteiger partial charge in [0.25, 0.3) is 0 Å². The Balaban J connectivity index is 2.04. The Bertz CT molecular complexity index is 369. The molecule has 0 bridgehead atoms. The van der Waals surface area contributed by atoms with Crippen LogP contribution in [0.3, 0.4) is 0 Å². The zero-order valence-corrected chi connectivity index (χ0v) is 10.8. The molecule has 1 aromatic heterocycles. The number of pyridine rings is 1. The molecule has 0 saturated carbocycles. The average molecular weight is 235 g/mol. The summed E-state index contributed by atoms with van der Waals surface area (Å²) in [6.45, 7) is 3.93. The molecule has 1 fully saturated rings. The van der Waals surface area contributed by atoms with Gasteiger partial charge in [-0.1, -0.05) is 6.07 Å². The second-order valence-electron chi connectivity index (χ2n) is 4.61. The third kappa shape index (κ3) is 2.76. The largest absolute Gasteiger partial charge is 0.377 e. The van der Waals surface area contributed by atoms with Crippen LogP contribution in [-0.2, 0) is 11.3 Å². The SMILES string of the molecule is CNc1ncccc1CN(C)C1CCOC1C. The van der Waals surface area contributed by atoms with Crippen LogP contribution in [0.5, 0.6) is 0 Å². The molecule has 1 aliphatic rings. The minimum absolute atomic E-state index is 0.328. The van der Waals surface area contributed by atoms with Crippen LogP contribution < -0.4 is 5.32 Å². The minimum atomic E-state index is 0.328. The quantitative estimate of drug-likeness (QED) is 0.862. The predicted octanol–water partition coefficient (Wildman–Crippen LogP) is 1.73. The highest BCUT2D eigenvalue weighted by molar-refractivity contribution is 5.42. The summed E-state index contributed by atoms with van der Waals surface area (Å²) < 4.78 is 5.61. The van der Waals surface area contributed by atoms with E-state index < -0.39 is 0 Å². The molecule has 94 valence electrons. The maximum absolute atomic E-state index is 5.61. The normalized spacial score (nSPS) is 24.2. The topological polar surface area (TPSA) is 37.4 Å². The summed E-state index contributed by atoms with van der Waals surface area (Å²) in [5.74, 6) is 0.964. The minimum Gasteiger partial charge on any atom is -0.377 e. The average Bonchev–Trinajstić information content (AvgIpc) is 2.76. The molecule has 2 heterocycles. The van der Waals surface area contributed by atoms with Crippen molar-refractivity contribution in [3.8, 4) is 0 Å². The first-order chi connectivity index (χ1) is 8.22. The van der Waals surface area contributed by atoms with Crippen molar-refractivity contribution >= 4 is 5.82 Å². The van der Waals surface area contributed by atoms with E-state index in [9.17, 15) is 0 Å². The number of rotatable bonds is 4. The van der Waals surface area contributed by atoms with Gasteiger partial charge in [-0.2, -0.15) is 0 Å². The molecule has 0 amide bonds. The summed E-state index contributed by atoms with van der Waals surface area (Å²) in [6.07, 6.45) is 3.26. The number of nitrogens with one attached hydrogen (secondary N) is 1. The Labute approximate surface area is 103 Å². The van der Waals surface area contributed by atoms with Gasteiger partial charge in [-0.25, -0.2) is 4.98 Å². The van der Waals surface area contributed by atoms with Gasteiger partial charge in [0.1, 0.15) is 5.82 Å². The number of hydrogen-bond acceptors (Lipinski definition) is 4. The van der Waals surface area contributed by atoms with Crippen molar-refractivity contribution < 1.29 is 4.74 Å². The van der Waals surface area contributed by atoms with Crippen molar-refractivity contribution in [1.29, 1.82) is 0 Å². The monoisotopic (exact) mass is 235 g/mol. The lowest BCUT2D eigenvalue weighted by atomic mass is 10.1. The molecule has 1 aromatic rings. The van der Waals surface area contributed by atoms with Crippen LogP contribution in [0.25, 0.3) is 0 Å². The maximum atomic E-state index is 5.61. The number of anilines is 1. The van der Waals surface area contributed by atoms with Crippen molar-refractivity contribution in [1.82, 2.24) is 9.88 Å². The fraction of sp³-hybridized carbons (Fsp3) is 0.615. The molecule has 4 heteroatoms. The molecule has 2 rings (SSSR count). The highest BCUT2D eigenvalue weighted by Gasteiger charge is 2.27. The molecule has 2 atom stereocenters. The first kappa shape index (κ1) is 12.3. The number of ether oxygens (including phenoxy) is 1. The predicted molar refractivity (Wildman–Crippen MR) is 69.1 cm³/mol. The van der Waals surface area contributed by atoms with Gasteiger partial charge in [-0.3, -0.25) is 4.90 Å². The van der Waals surface area contributed by atoms with E-state index in [1.165, 1.54) is 5.56 Å². The lowest BCUT2D eigenvalue weighted by Gasteiger charge is -2.27. The smallest absolute Gasteiger partial charge is 0.130 e. The Kier molecular flexibility index (Phi) is 3.97. The lowest BCUT2D eigenvalue weighted by molar-refractivity contribution is 0.0814. The lowest BCUT2D eigenvalue weighted by Crippen LogP contribution is -2.36. The van der Waals surface area contributed by atoms with E-state index in [-0.39, 0.29) is 0 Å². The summed E-state index contributed by atoms with van der Waals surface area (Å²) in [4.78, 5) is 6.68. The Morgan fingerprint density at radius 3 is 3.06 bits per heavy atom.